The second-order valence-electron chi connectivity index (χ2n) is 6.30. The van der Waals surface area contributed by atoms with Crippen molar-refractivity contribution >= 4 is 29.9 Å². The third kappa shape index (κ3) is 5.59. The number of benzene rings is 2. The second-order valence-corrected chi connectivity index (χ2v) is 6.71. The molecule has 1 aliphatic rings. The zero-order chi connectivity index (χ0) is 18.4. The monoisotopic (exact) mass is 409 g/mol. The topological polar surface area (TPSA) is 53.6 Å². The summed E-state index contributed by atoms with van der Waals surface area (Å²) in [6.45, 7) is 3.24. The van der Waals surface area contributed by atoms with Gasteiger partial charge >= 0.3 is 0 Å². The zero-order valence-corrected chi connectivity index (χ0v) is 16.9. The number of piperazine rings is 1. The first kappa shape index (κ1) is 21.5. The summed E-state index contributed by atoms with van der Waals surface area (Å²) in [4.78, 5) is 14.7. The molecule has 2 N–H and O–H groups in total. The number of para-hydroxylation sites is 1. The predicted molar refractivity (Wildman–Crippen MR) is 111 cm³/mol. The Balaban J connectivity index is 0.00000261. The van der Waals surface area contributed by atoms with Crippen LogP contribution in [0.4, 0.5) is 0 Å². The van der Waals surface area contributed by atoms with Crippen molar-refractivity contribution in [3.8, 4) is 5.75 Å². The maximum absolute atomic E-state index is 12.5. The van der Waals surface area contributed by atoms with Gasteiger partial charge < -0.3 is 15.4 Å². The molecule has 1 atom stereocenters. The van der Waals surface area contributed by atoms with E-state index in [0.717, 1.165) is 41.5 Å². The summed E-state index contributed by atoms with van der Waals surface area (Å²) in [5.74, 6) is 0.777. The standard InChI is InChI=1S/C20H24ClN3O2.ClH/c1-26-19-9-5-2-6-15(19)12-23-20(25)14-24-11-10-22-13-18(24)16-7-3-4-8-17(16)21;/h2-9,18,22H,10-14H2,1H3,(H,23,25);1H. The molecule has 0 spiro atoms. The molecule has 27 heavy (non-hydrogen) atoms. The first-order valence-electron chi connectivity index (χ1n) is 8.77. The summed E-state index contributed by atoms with van der Waals surface area (Å²) in [7, 11) is 1.63. The Morgan fingerprint density at radius 1 is 1.26 bits per heavy atom. The van der Waals surface area contributed by atoms with Crippen molar-refractivity contribution in [3.63, 3.8) is 0 Å². The van der Waals surface area contributed by atoms with Gasteiger partial charge in [0.1, 0.15) is 5.75 Å². The van der Waals surface area contributed by atoms with Crippen LogP contribution < -0.4 is 15.4 Å². The average molecular weight is 410 g/mol. The van der Waals surface area contributed by atoms with E-state index < -0.39 is 0 Å². The first-order valence-corrected chi connectivity index (χ1v) is 9.14. The van der Waals surface area contributed by atoms with E-state index in [4.69, 9.17) is 16.3 Å². The highest BCUT2D eigenvalue weighted by atomic mass is 35.5. The minimum absolute atomic E-state index is 0. The number of hydrogen-bond acceptors (Lipinski definition) is 4. The van der Waals surface area contributed by atoms with E-state index in [0.29, 0.717) is 13.1 Å². The Morgan fingerprint density at radius 2 is 2.00 bits per heavy atom. The van der Waals surface area contributed by atoms with Crippen LogP contribution in [0.1, 0.15) is 17.2 Å². The molecule has 146 valence electrons. The van der Waals surface area contributed by atoms with Crippen LogP contribution in [-0.2, 0) is 11.3 Å². The summed E-state index contributed by atoms with van der Waals surface area (Å²) in [6.07, 6.45) is 0. The molecule has 7 heteroatoms. The summed E-state index contributed by atoms with van der Waals surface area (Å²) in [6, 6.07) is 15.6. The van der Waals surface area contributed by atoms with Gasteiger partial charge in [-0.05, 0) is 17.7 Å². The Labute approximate surface area is 171 Å². The van der Waals surface area contributed by atoms with Gasteiger partial charge in [-0.1, -0.05) is 48.0 Å². The molecule has 5 nitrogen and oxygen atoms in total. The van der Waals surface area contributed by atoms with Crippen molar-refractivity contribution in [3.05, 3.63) is 64.7 Å². The molecule has 0 aliphatic carbocycles. The van der Waals surface area contributed by atoms with E-state index in [-0.39, 0.29) is 24.4 Å². The van der Waals surface area contributed by atoms with Crippen LogP contribution in [0.3, 0.4) is 0 Å². The number of rotatable bonds is 6. The fraction of sp³-hybridized carbons (Fsp3) is 0.350. The number of halogens is 2. The molecular formula is C20H25Cl2N3O2. The van der Waals surface area contributed by atoms with E-state index in [1.165, 1.54) is 0 Å². The van der Waals surface area contributed by atoms with Crippen molar-refractivity contribution in [1.29, 1.82) is 0 Å². The van der Waals surface area contributed by atoms with Crippen molar-refractivity contribution in [2.75, 3.05) is 33.3 Å². The molecule has 1 saturated heterocycles. The van der Waals surface area contributed by atoms with Gasteiger partial charge in [0, 0.05) is 42.8 Å². The predicted octanol–water partition coefficient (Wildman–Crippen LogP) is 3.03. The highest BCUT2D eigenvalue weighted by Gasteiger charge is 2.26. The van der Waals surface area contributed by atoms with Gasteiger partial charge in [-0.25, -0.2) is 0 Å². The van der Waals surface area contributed by atoms with E-state index in [1.54, 1.807) is 7.11 Å². The smallest absolute Gasteiger partial charge is 0.234 e. The van der Waals surface area contributed by atoms with Crippen molar-refractivity contribution in [2.24, 2.45) is 0 Å². The highest BCUT2D eigenvalue weighted by molar-refractivity contribution is 6.31. The van der Waals surface area contributed by atoms with Crippen LogP contribution in [0.25, 0.3) is 0 Å². The van der Waals surface area contributed by atoms with Crippen LogP contribution >= 0.6 is 24.0 Å². The lowest BCUT2D eigenvalue weighted by Gasteiger charge is -2.36. The molecule has 1 fully saturated rings. The van der Waals surface area contributed by atoms with Crippen LogP contribution in [0, 0.1) is 0 Å². The molecule has 0 saturated carbocycles. The number of amides is 1. The van der Waals surface area contributed by atoms with Crippen molar-refractivity contribution in [2.45, 2.75) is 12.6 Å². The largest absolute Gasteiger partial charge is 0.496 e. The number of hydrogen-bond donors (Lipinski definition) is 2. The summed E-state index contributed by atoms with van der Waals surface area (Å²) in [5, 5.41) is 7.12. The molecule has 1 heterocycles. The third-order valence-corrected chi connectivity index (χ3v) is 4.98. The fourth-order valence-corrected chi connectivity index (χ4v) is 3.53. The molecule has 3 rings (SSSR count). The number of carbonyl (C=O) groups excluding carboxylic acids is 1. The number of ether oxygens (including phenoxy) is 1. The number of methoxy groups -OCH3 is 1. The van der Waals surface area contributed by atoms with Gasteiger partial charge in [0.15, 0.2) is 0 Å². The van der Waals surface area contributed by atoms with Crippen LogP contribution in [0.5, 0.6) is 5.75 Å². The number of nitrogens with zero attached hydrogens (tertiary/aromatic N) is 1. The van der Waals surface area contributed by atoms with Gasteiger partial charge in [-0.3, -0.25) is 9.69 Å². The van der Waals surface area contributed by atoms with Crippen LogP contribution in [0.15, 0.2) is 48.5 Å². The molecule has 2 aromatic carbocycles. The van der Waals surface area contributed by atoms with Crippen LogP contribution in [-0.4, -0.2) is 44.1 Å². The maximum Gasteiger partial charge on any atom is 0.234 e. The Kier molecular flexibility index (Phi) is 8.38. The van der Waals surface area contributed by atoms with Gasteiger partial charge in [0.2, 0.25) is 5.91 Å². The highest BCUT2D eigenvalue weighted by Crippen LogP contribution is 2.28. The molecule has 1 unspecified atom stereocenters. The lowest BCUT2D eigenvalue weighted by molar-refractivity contribution is -0.123. The lowest BCUT2D eigenvalue weighted by Crippen LogP contribution is -2.49. The quantitative estimate of drug-likeness (QED) is 0.769. The fourth-order valence-electron chi connectivity index (χ4n) is 3.27. The lowest BCUT2D eigenvalue weighted by atomic mass is 10.0. The Morgan fingerprint density at radius 3 is 2.78 bits per heavy atom. The minimum Gasteiger partial charge on any atom is -0.496 e. The zero-order valence-electron chi connectivity index (χ0n) is 15.3. The summed E-state index contributed by atoms with van der Waals surface area (Å²) in [5.41, 5.74) is 2.02. The molecule has 1 aliphatic heterocycles. The van der Waals surface area contributed by atoms with Gasteiger partial charge in [-0.15, -0.1) is 12.4 Å². The molecule has 1 amide bonds. The van der Waals surface area contributed by atoms with Gasteiger partial charge in [-0.2, -0.15) is 0 Å². The Hall–Kier alpha value is -1.79. The average Bonchev–Trinajstić information content (AvgIpc) is 2.67. The normalized spacial score (nSPS) is 17.0. The second kappa shape index (κ2) is 10.5. The first-order chi connectivity index (χ1) is 12.7. The van der Waals surface area contributed by atoms with E-state index >= 15 is 0 Å². The SMILES string of the molecule is COc1ccccc1CNC(=O)CN1CCNCC1c1ccccc1Cl.Cl. The summed E-state index contributed by atoms with van der Waals surface area (Å²) < 4.78 is 5.33. The number of carbonyl (C=O) groups is 1. The molecule has 0 aromatic heterocycles. The molecule has 0 bridgehead atoms. The maximum atomic E-state index is 12.5. The minimum atomic E-state index is -0.00476. The van der Waals surface area contributed by atoms with E-state index in [9.17, 15) is 4.79 Å². The van der Waals surface area contributed by atoms with E-state index in [2.05, 4.69) is 15.5 Å². The van der Waals surface area contributed by atoms with E-state index in [1.807, 2.05) is 48.5 Å². The van der Waals surface area contributed by atoms with Gasteiger partial charge in [0.05, 0.1) is 13.7 Å². The van der Waals surface area contributed by atoms with Crippen molar-refractivity contribution < 1.29 is 9.53 Å². The van der Waals surface area contributed by atoms with Crippen LogP contribution in [0.2, 0.25) is 5.02 Å². The van der Waals surface area contributed by atoms with Crippen molar-refractivity contribution in [1.82, 2.24) is 15.5 Å². The third-order valence-electron chi connectivity index (χ3n) is 4.63. The molecule has 0 radical (unpaired) electrons. The Bertz CT molecular complexity index is 758. The van der Waals surface area contributed by atoms with Gasteiger partial charge in [0.25, 0.3) is 0 Å². The number of nitrogens with one attached hydrogen (secondary N) is 2. The summed E-state index contributed by atoms with van der Waals surface area (Å²) >= 11 is 6.37. The molecule has 2 aromatic rings. The molecular weight excluding hydrogens is 385 g/mol.